The number of rotatable bonds is 34. The molecule has 83 heavy (non-hydrogen) atoms. The molecule has 2 aromatic rings. The number of aliphatic hydroxyl groups excluding tert-OH is 2. The van der Waals surface area contributed by atoms with E-state index in [4.69, 9.17) is 47.7 Å². The van der Waals surface area contributed by atoms with E-state index in [1.54, 1.807) is 0 Å². The molecule has 14 atom stereocenters. The van der Waals surface area contributed by atoms with Gasteiger partial charge in [-0.05, 0) is 208 Å². The summed E-state index contributed by atoms with van der Waals surface area (Å²) in [6, 6.07) is 21.2. The van der Waals surface area contributed by atoms with Crippen LogP contribution in [-0.4, -0.2) is 122 Å². The topological polar surface area (TPSA) is 178 Å². The fourth-order valence-corrected chi connectivity index (χ4v) is 13.2. The van der Waals surface area contributed by atoms with Gasteiger partial charge in [0, 0.05) is 52.1 Å². The van der Waals surface area contributed by atoms with Crippen molar-refractivity contribution in [2.24, 2.45) is 23.7 Å². The Hall–Kier alpha value is -3.54. The van der Waals surface area contributed by atoms with Crippen molar-refractivity contribution in [1.82, 2.24) is 0 Å². The summed E-state index contributed by atoms with van der Waals surface area (Å²) in [5, 5.41) is 31.2. The summed E-state index contributed by atoms with van der Waals surface area (Å²) in [6.07, 6.45) is 34.7. The summed E-state index contributed by atoms with van der Waals surface area (Å²) in [5.74, 6) is -0.213. The van der Waals surface area contributed by atoms with Gasteiger partial charge < -0.3 is 58.0 Å². The van der Waals surface area contributed by atoms with Crippen LogP contribution < -0.4 is 0 Å². The fourth-order valence-electron chi connectivity index (χ4n) is 13.2. The lowest BCUT2D eigenvalue weighted by atomic mass is 9.85. The molecular formula is C69H106O14. The normalized spacial score (nSPS) is 29.3. The van der Waals surface area contributed by atoms with E-state index in [-0.39, 0.29) is 85.6 Å². The number of unbranched alkanes of at least 4 members (excludes halogenated alkanes) is 2. The summed E-state index contributed by atoms with van der Waals surface area (Å²) in [4.78, 5) is 22.6. The highest BCUT2D eigenvalue weighted by Gasteiger charge is 2.45. The Balaban J connectivity index is 0.000000239. The summed E-state index contributed by atoms with van der Waals surface area (Å²) in [5.41, 5.74) is 2.65. The fraction of sp³-hybridized carbons (Fsp3) is 0.739. The van der Waals surface area contributed by atoms with Gasteiger partial charge in [-0.1, -0.05) is 91.9 Å². The SMILES string of the molecule is CCCOC(=O)CCC/C=C\C[C@@H]1[C@@H](CC[C@H](CCc2ccccc2)OC2CCCCO2)[C@H](OC2CCCCO2)C[C@@H]1O.O=C(O)CCC/C=C\C[C@@H]1[C@@H](CC[C@H](CCc2ccccc2)OC2CCCCO2)[C@H](OC2CCCCO2)C[C@@H]1O. The third-order valence-corrected chi connectivity index (χ3v) is 17.9. The molecule has 2 saturated carbocycles. The van der Waals surface area contributed by atoms with Crippen LogP contribution in [0.2, 0.25) is 0 Å². The molecule has 14 heteroatoms. The molecule has 4 aliphatic heterocycles. The molecule has 0 radical (unpaired) electrons. The summed E-state index contributed by atoms with van der Waals surface area (Å²) in [6.45, 7) is 5.53. The number of aliphatic carboxylic acids is 1. The third-order valence-electron chi connectivity index (χ3n) is 17.9. The molecule has 0 bridgehead atoms. The Morgan fingerprint density at radius 1 is 0.542 bits per heavy atom. The molecule has 14 nitrogen and oxygen atoms in total. The Bertz CT molecular complexity index is 2070. The number of aryl methyl sites for hydroxylation is 2. The second-order valence-corrected chi connectivity index (χ2v) is 24.3. The van der Waals surface area contributed by atoms with E-state index in [0.29, 0.717) is 32.3 Å². The average molecular weight is 1160 g/mol. The minimum absolute atomic E-state index is 0.0226. The van der Waals surface area contributed by atoms with Crippen LogP contribution in [-0.2, 0) is 65.1 Å². The van der Waals surface area contributed by atoms with Gasteiger partial charge in [0.1, 0.15) is 0 Å². The first-order valence-corrected chi connectivity index (χ1v) is 32.9. The first kappa shape index (κ1) is 67.0. The molecule has 0 spiro atoms. The van der Waals surface area contributed by atoms with Crippen molar-refractivity contribution in [2.45, 2.75) is 268 Å². The van der Waals surface area contributed by atoms with Crippen LogP contribution in [0.3, 0.4) is 0 Å². The van der Waals surface area contributed by atoms with Gasteiger partial charge in [-0.15, -0.1) is 0 Å². The lowest BCUT2D eigenvalue weighted by molar-refractivity contribution is -0.201. The molecule has 2 aromatic carbocycles. The van der Waals surface area contributed by atoms with Gasteiger partial charge in [0.05, 0.1) is 43.2 Å². The number of hydrogen-bond donors (Lipinski definition) is 3. The standard InChI is InChI=1S/C36H56O7.C33H50O7/c1-2-24-39-34(38)17-9-4-3-8-16-30-31(33(27-32(30)37)43-36-19-11-13-26-41-36)23-22-29(42-35-18-10-12-25-40-35)21-20-28-14-6-5-7-15-28;34-29-24-30(40-33-17-9-11-23-38-33)28(27(29)14-6-1-2-7-15-31(35)36)21-20-26(39-32-16-8-10-22-37-32)19-18-25-12-4-3-5-13-25/h3,5-8,14-15,29-33,35-37H,2,4,9-13,16-27H2,1H3;1,3-6,12-13,26-30,32-34H,2,7-11,14-24H2,(H,35,36)/b8-3-;6-1-/t29-,30+,31+,32-,33+,35?,36?;26-,27+,28+,29-,30+,32?,33?/m00/s1. The van der Waals surface area contributed by atoms with E-state index in [0.717, 1.165) is 193 Å². The number of carbonyl (C=O) groups is 2. The molecule has 6 aliphatic rings. The first-order valence-electron chi connectivity index (χ1n) is 32.9. The van der Waals surface area contributed by atoms with Gasteiger partial charge in [0.2, 0.25) is 0 Å². The van der Waals surface area contributed by atoms with Crippen LogP contribution in [0.25, 0.3) is 0 Å². The van der Waals surface area contributed by atoms with E-state index in [1.165, 1.54) is 11.1 Å². The zero-order valence-corrected chi connectivity index (χ0v) is 50.5. The van der Waals surface area contributed by atoms with Gasteiger partial charge in [0.25, 0.3) is 0 Å². The second-order valence-electron chi connectivity index (χ2n) is 24.3. The number of hydrogen-bond acceptors (Lipinski definition) is 13. The van der Waals surface area contributed by atoms with E-state index < -0.39 is 18.2 Å². The van der Waals surface area contributed by atoms with E-state index in [1.807, 2.05) is 6.92 Å². The highest BCUT2D eigenvalue weighted by atomic mass is 16.7. The lowest BCUT2D eigenvalue weighted by Crippen LogP contribution is -2.33. The number of esters is 1. The molecule has 0 amide bonds. The summed E-state index contributed by atoms with van der Waals surface area (Å²) >= 11 is 0. The van der Waals surface area contributed by atoms with Gasteiger partial charge >= 0.3 is 11.9 Å². The van der Waals surface area contributed by atoms with E-state index in [9.17, 15) is 19.8 Å². The first-order chi connectivity index (χ1) is 40.7. The quantitative estimate of drug-likeness (QED) is 0.0342. The van der Waals surface area contributed by atoms with Gasteiger partial charge in [0.15, 0.2) is 25.2 Å². The van der Waals surface area contributed by atoms with Crippen LogP contribution in [0.15, 0.2) is 85.0 Å². The molecule has 4 heterocycles. The Morgan fingerprint density at radius 3 is 1.36 bits per heavy atom. The van der Waals surface area contributed by atoms with Crippen molar-refractivity contribution in [2.75, 3.05) is 33.0 Å². The summed E-state index contributed by atoms with van der Waals surface area (Å²) < 4.78 is 55.2. The molecule has 0 aromatic heterocycles. The lowest BCUT2D eigenvalue weighted by Gasteiger charge is -2.32. The van der Waals surface area contributed by atoms with Crippen LogP contribution in [0, 0.1) is 23.7 Å². The van der Waals surface area contributed by atoms with Gasteiger partial charge in [-0.2, -0.15) is 0 Å². The van der Waals surface area contributed by atoms with Crippen molar-refractivity contribution in [3.8, 4) is 0 Å². The molecule has 2 aliphatic carbocycles. The predicted octanol–water partition coefficient (Wildman–Crippen LogP) is 13.7. The minimum Gasteiger partial charge on any atom is -0.481 e. The Morgan fingerprint density at radius 2 is 0.964 bits per heavy atom. The maximum Gasteiger partial charge on any atom is 0.305 e. The minimum atomic E-state index is -0.757. The Labute approximate surface area is 498 Å². The predicted molar refractivity (Wildman–Crippen MR) is 321 cm³/mol. The number of carboxylic acids is 1. The smallest absolute Gasteiger partial charge is 0.305 e. The van der Waals surface area contributed by atoms with Crippen molar-refractivity contribution >= 4 is 11.9 Å². The highest BCUT2D eigenvalue weighted by Crippen LogP contribution is 2.43. The van der Waals surface area contributed by atoms with Crippen LogP contribution in [0.1, 0.15) is 204 Å². The molecule has 6 fully saturated rings. The zero-order chi connectivity index (χ0) is 58.1. The van der Waals surface area contributed by atoms with Crippen molar-refractivity contribution in [1.29, 1.82) is 0 Å². The maximum atomic E-state index is 11.8. The molecule has 4 saturated heterocycles. The van der Waals surface area contributed by atoms with E-state index in [2.05, 4.69) is 85.0 Å². The number of ether oxygens (including phenoxy) is 9. The zero-order valence-electron chi connectivity index (χ0n) is 50.5. The monoisotopic (exact) mass is 1160 g/mol. The van der Waals surface area contributed by atoms with E-state index >= 15 is 0 Å². The van der Waals surface area contributed by atoms with Crippen molar-refractivity contribution < 1.29 is 67.5 Å². The number of benzene rings is 2. The maximum absolute atomic E-state index is 11.8. The van der Waals surface area contributed by atoms with Crippen molar-refractivity contribution in [3.05, 3.63) is 96.1 Å². The van der Waals surface area contributed by atoms with Crippen LogP contribution in [0.5, 0.6) is 0 Å². The number of carbonyl (C=O) groups excluding carboxylic acids is 1. The Kier molecular flexibility index (Phi) is 31.7. The number of aliphatic hydroxyl groups is 2. The second kappa shape index (κ2) is 39.3. The average Bonchev–Trinajstić information content (AvgIpc) is 4.10. The molecule has 466 valence electrons. The number of allylic oxidation sites excluding steroid dienone is 4. The van der Waals surface area contributed by atoms with Crippen LogP contribution >= 0.6 is 0 Å². The largest absolute Gasteiger partial charge is 0.481 e. The van der Waals surface area contributed by atoms with Crippen molar-refractivity contribution in [3.63, 3.8) is 0 Å². The molecule has 8 rings (SSSR count). The van der Waals surface area contributed by atoms with Gasteiger partial charge in [-0.3, -0.25) is 9.59 Å². The molecule has 3 N–H and O–H groups in total. The third kappa shape index (κ3) is 25.4. The van der Waals surface area contributed by atoms with Gasteiger partial charge in [-0.25, -0.2) is 0 Å². The number of carboxylic acid groups (broad SMARTS) is 1. The molecule has 4 unspecified atom stereocenters. The highest BCUT2D eigenvalue weighted by molar-refractivity contribution is 5.69. The molecular weight excluding hydrogens is 1050 g/mol. The summed E-state index contributed by atoms with van der Waals surface area (Å²) in [7, 11) is 0. The van der Waals surface area contributed by atoms with Crippen LogP contribution in [0.4, 0.5) is 0 Å².